The molecule has 30 heavy (non-hydrogen) atoms. The predicted molar refractivity (Wildman–Crippen MR) is 117 cm³/mol. The number of likely N-dealkylation sites (tertiary alicyclic amines) is 1. The van der Waals surface area contributed by atoms with Gasteiger partial charge in [0.25, 0.3) is 0 Å². The molecule has 0 radical (unpaired) electrons. The van der Waals surface area contributed by atoms with Gasteiger partial charge in [0.15, 0.2) is 0 Å². The van der Waals surface area contributed by atoms with Crippen LogP contribution in [0.2, 0.25) is 0 Å². The maximum atomic E-state index is 13.0. The number of carbonyl (C=O) groups excluding carboxylic acids is 1. The molecule has 0 aliphatic carbocycles. The zero-order valence-corrected chi connectivity index (χ0v) is 17.1. The Labute approximate surface area is 177 Å². The van der Waals surface area contributed by atoms with E-state index in [-0.39, 0.29) is 12.1 Å². The maximum Gasteiger partial charge on any atom is 0.322 e. The summed E-state index contributed by atoms with van der Waals surface area (Å²) in [7, 11) is 0. The summed E-state index contributed by atoms with van der Waals surface area (Å²) in [6.07, 6.45) is 1.84. The number of H-pyrrole nitrogens is 1. The number of nitrogens with zero attached hydrogens (tertiary/aromatic N) is 3. The summed E-state index contributed by atoms with van der Waals surface area (Å²) in [6, 6.07) is 15.2. The molecule has 1 aliphatic rings. The van der Waals surface area contributed by atoms with Gasteiger partial charge < -0.3 is 19.9 Å². The molecule has 0 bridgehead atoms. The Bertz CT molecular complexity index is 1120. The summed E-state index contributed by atoms with van der Waals surface area (Å²) in [5.74, 6) is 1.53. The fraction of sp³-hybridized carbons (Fsp3) is 0.227. The van der Waals surface area contributed by atoms with Crippen molar-refractivity contribution in [2.45, 2.75) is 25.5 Å². The lowest BCUT2D eigenvalue weighted by Crippen LogP contribution is -2.34. The van der Waals surface area contributed by atoms with Gasteiger partial charge in [-0.15, -0.1) is 11.3 Å². The predicted octanol–water partition coefficient (Wildman–Crippen LogP) is 4.97. The number of urea groups is 1. The fourth-order valence-electron chi connectivity index (χ4n) is 3.75. The SMILES string of the molecule is O=C(Nc1cccc(OCc2cscn2)c1)N1CCCC1c1nc2ccccc2[nH]1. The van der Waals surface area contributed by atoms with E-state index in [1.54, 1.807) is 5.51 Å². The van der Waals surface area contributed by atoms with Crippen LogP contribution < -0.4 is 10.1 Å². The summed E-state index contributed by atoms with van der Waals surface area (Å²) >= 11 is 1.54. The van der Waals surface area contributed by atoms with Crippen molar-refractivity contribution in [3.05, 3.63) is 70.9 Å². The molecular formula is C22H21N5O2S. The first-order valence-electron chi connectivity index (χ1n) is 9.88. The summed E-state index contributed by atoms with van der Waals surface area (Å²) < 4.78 is 5.79. The molecule has 2 aromatic carbocycles. The van der Waals surface area contributed by atoms with E-state index in [4.69, 9.17) is 9.72 Å². The second kappa shape index (κ2) is 8.16. The molecule has 7 nitrogen and oxygen atoms in total. The number of rotatable bonds is 5. The molecule has 2 amide bonds. The van der Waals surface area contributed by atoms with Crippen molar-refractivity contribution in [2.75, 3.05) is 11.9 Å². The molecule has 2 aromatic heterocycles. The number of nitrogens with one attached hydrogen (secondary N) is 2. The van der Waals surface area contributed by atoms with Gasteiger partial charge in [0.2, 0.25) is 0 Å². The molecule has 1 saturated heterocycles. The summed E-state index contributed by atoms with van der Waals surface area (Å²) in [6.45, 7) is 1.11. The summed E-state index contributed by atoms with van der Waals surface area (Å²) in [5.41, 5.74) is 5.28. The first-order valence-corrected chi connectivity index (χ1v) is 10.8. The molecule has 2 N–H and O–H groups in total. The summed E-state index contributed by atoms with van der Waals surface area (Å²) in [5, 5.41) is 4.96. The molecule has 1 unspecified atom stereocenters. The third-order valence-corrected chi connectivity index (χ3v) is 5.83. The minimum atomic E-state index is -0.130. The molecule has 0 saturated carbocycles. The van der Waals surface area contributed by atoms with E-state index in [0.29, 0.717) is 24.6 Å². The minimum Gasteiger partial charge on any atom is -0.487 e. The van der Waals surface area contributed by atoms with Gasteiger partial charge in [-0.2, -0.15) is 0 Å². The smallest absolute Gasteiger partial charge is 0.322 e. The number of thiazole rings is 1. The van der Waals surface area contributed by atoms with Gasteiger partial charge in [-0.3, -0.25) is 0 Å². The first-order chi connectivity index (χ1) is 14.8. The molecule has 8 heteroatoms. The van der Waals surface area contributed by atoms with Crippen LogP contribution in [0.3, 0.4) is 0 Å². The van der Waals surface area contributed by atoms with Crippen LogP contribution in [0.1, 0.15) is 30.4 Å². The third kappa shape index (κ3) is 3.86. The average molecular weight is 420 g/mol. The second-order valence-electron chi connectivity index (χ2n) is 7.22. The van der Waals surface area contributed by atoms with Crippen molar-refractivity contribution in [3.8, 4) is 5.75 Å². The van der Waals surface area contributed by atoms with Crippen LogP contribution >= 0.6 is 11.3 Å². The third-order valence-electron chi connectivity index (χ3n) is 5.19. The van der Waals surface area contributed by atoms with Crippen LogP contribution in [0, 0.1) is 0 Å². The zero-order valence-electron chi connectivity index (χ0n) is 16.2. The van der Waals surface area contributed by atoms with E-state index in [0.717, 1.165) is 35.4 Å². The van der Waals surface area contributed by atoms with Gasteiger partial charge in [0, 0.05) is 23.7 Å². The first kappa shape index (κ1) is 18.6. The number of ether oxygens (including phenoxy) is 1. The Kier molecular flexibility index (Phi) is 5.06. The quantitative estimate of drug-likeness (QED) is 0.479. The van der Waals surface area contributed by atoms with E-state index in [2.05, 4.69) is 15.3 Å². The van der Waals surface area contributed by atoms with Crippen LogP contribution in [-0.2, 0) is 6.61 Å². The van der Waals surface area contributed by atoms with Gasteiger partial charge >= 0.3 is 6.03 Å². The number of carbonyl (C=O) groups is 1. The number of fused-ring (bicyclic) bond motifs is 1. The van der Waals surface area contributed by atoms with Crippen molar-refractivity contribution in [2.24, 2.45) is 0 Å². The fourth-order valence-corrected chi connectivity index (χ4v) is 4.29. The highest BCUT2D eigenvalue weighted by molar-refractivity contribution is 7.07. The normalized spacial score (nSPS) is 16.1. The van der Waals surface area contributed by atoms with E-state index in [9.17, 15) is 4.79 Å². The Morgan fingerprint density at radius 2 is 2.20 bits per heavy atom. The molecule has 4 aromatic rings. The van der Waals surface area contributed by atoms with Gasteiger partial charge in [0.05, 0.1) is 28.3 Å². The van der Waals surface area contributed by atoms with Crippen LogP contribution in [0.4, 0.5) is 10.5 Å². The van der Waals surface area contributed by atoms with Crippen LogP contribution in [0.15, 0.2) is 59.4 Å². The van der Waals surface area contributed by atoms with Gasteiger partial charge in [-0.1, -0.05) is 18.2 Å². The average Bonchev–Trinajstić information content (AvgIpc) is 3.52. The number of para-hydroxylation sites is 2. The largest absolute Gasteiger partial charge is 0.487 e. The van der Waals surface area contributed by atoms with Gasteiger partial charge in [-0.25, -0.2) is 14.8 Å². The van der Waals surface area contributed by atoms with Gasteiger partial charge in [0.1, 0.15) is 18.2 Å². The maximum absolute atomic E-state index is 13.0. The number of hydrogen-bond donors (Lipinski definition) is 2. The second-order valence-corrected chi connectivity index (χ2v) is 7.94. The van der Waals surface area contributed by atoms with Crippen molar-refractivity contribution >= 4 is 34.1 Å². The Morgan fingerprint density at radius 3 is 3.07 bits per heavy atom. The van der Waals surface area contributed by atoms with Crippen molar-refractivity contribution in [3.63, 3.8) is 0 Å². The Balaban J connectivity index is 1.28. The number of benzene rings is 2. The highest BCUT2D eigenvalue weighted by Crippen LogP contribution is 2.32. The zero-order chi connectivity index (χ0) is 20.3. The van der Waals surface area contributed by atoms with Crippen LogP contribution in [-0.4, -0.2) is 32.4 Å². The topological polar surface area (TPSA) is 83.1 Å². The number of hydrogen-bond acceptors (Lipinski definition) is 5. The van der Waals surface area contributed by atoms with E-state index in [1.807, 2.05) is 58.8 Å². The van der Waals surface area contributed by atoms with Crippen molar-refractivity contribution in [1.82, 2.24) is 19.9 Å². The number of amides is 2. The number of anilines is 1. The van der Waals surface area contributed by atoms with Crippen LogP contribution in [0.25, 0.3) is 11.0 Å². The minimum absolute atomic E-state index is 0.0542. The number of aromatic amines is 1. The van der Waals surface area contributed by atoms with Crippen LogP contribution in [0.5, 0.6) is 5.75 Å². The highest BCUT2D eigenvalue weighted by atomic mass is 32.1. The molecule has 152 valence electrons. The van der Waals surface area contributed by atoms with E-state index < -0.39 is 0 Å². The summed E-state index contributed by atoms with van der Waals surface area (Å²) in [4.78, 5) is 27.1. The molecule has 0 spiro atoms. The van der Waals surface area contributed by atoms with Gasteiger partial charge in [-0.05, 0) is 37.1 Å². The van der Waals surface area contributed by atoms with E-state index >= 15 is 0 Å². The number of imidazole rings is 1. The molecule has 1 aliphatic heterocycles. The van der Waals surface area contributed by atoms with Crippen molar-refractivity contribution < 1.29 is 9.53 Å². The lowest BCUT2D eigenvalue weighted by atomic mass is 10.2. The monoisotopic (exact) mass is 419 g/mol. The standard InChI is InChI=1S/C22H21N5O2S/c28-22(24-15-5-3-6-17(11-15)29-12-16-13-30-14-23-16)27-10-4-9-20(27)21-25-18-7-1-2-8-19(18)26-21/h1-3,5-8,11,13-14,20H,4,9-10,12H2,(H,24,28)(H,25,26). The number of aromatic nitrogens is 3. The molecule has 5 rings (SSSR count). The molecule has 1 fully saturated rings. The highest BCUT2D eigenvalue weighted by Gasteiger charge is 2.32. The Hall–Kier alpha value is -3.39. The van der Waals surface area contributed by atoms with Crippen molar-refractivity contribution in [1.29, 1.82) is 0 Å². The molecule has 1 atom stereocenters. The molecule has 3 heterocycles. The molecular weight excluding hydrogens is 398 g/mol. The Morgan fingerprint density at radius 1 is 1.27 bits per heavy atom. The lowest BCUT2D eigenvalue weighted by Gasteiger charge is -2.23. The van der Waals surface area contributed by atoms with E-state index in [1.165, 1.54) is 11.3 Å². The lowest BCUT2D eigenvalue weighted by molar-refractivity contribution is 0.205.